The van der Waals surface area contributed by atoms with Crippen molar-refractivity contribution in [2.75, 3.05) is 5.32 Å². The molecule has 3 rings (SSSR count). The molecule has 126 valence electrons. The third-order valence-electron chi connectivity index (χ3n) is 3.43. The zero-order chi connectivity index (χ0) is 17.6. The molecule has 1 amide bonds. The number of nitrogens with zero attached hydrogens (tertiary/aromatic N) is 2. The predicted molar refractivity (Wildman–Crippen MR) is 97.6 cm³/mol. The number of amides is 1. The van der Waals surface area contributed by atoms with Crippen LogP contribution in [-0.4, -0.2) is 22.0 Å². The molecule has 1 aromatic heterocycles. The van der Waals surface area contributed by atoms with Crippen LogP contribution in [0.15, 0.2) is 67.0 Å². The molecule has 0 aliphatic rings. The summed E-state index contributed by atoms with van der Waals surface area (Å²) in [5.74, 6) is 0.837. The largest absolute Gasteiger partial charge is 0.481 e. The second kappa shape index (κ2) is 7.77. The van der Waals surface area contributed by atoms with Gasteiger partial charge in [-0.2, -0.15) is 0 Å². The van der Waals surface area contributed by atoms with Crippen LogP contribution in [-0.2, 0) is 4.79 Å². The molecule has 3 aromatic rings. The first kappa shape index (κ1) is 16.9. The summed E-state index contributed by atoms with van der Waals surface area (Å²) in [6, 6.07) is 16.5. The van der Waals surface area contributed by atoms with Crippen molar-refractivity contribution in [1.29, 1.82) is 0 Å². The number of halogens is 1. The maximum Gasteiger partial charge on any atom is 0.265 e. The minimum atomic E-state index is -0.688. The molecular weight excluding hydrogens is 338 g/mol. The Morgan fingerprint density at radius 3 is 2.48 bits per heavy atom. The molecule has 0 aliphatic carbocycles. The molecule has 0 radical (unpaired) electrons. The molecule has 2 aromatic carbocycles. The van der Waals surface area contributed by atoms with Crippen molar-refractivity contribution in [3.63, 3.8) is 0 Å². The molecule has 0 aliphatic heterocycles. The van der Waals surface area contributed by atoms with E-state index in [0.29, 0.717) is 22.3 Å². The lowest BCUT2D eigenvalue weighted by molar-refractivity contribution is -0.122. The standard InChI is InChI=1S/C19H16ClN3O2/c1-13(25-17-9-5-8-15(20)10-17)19(24)23-16-11-21-18(22-12-16)14-6-3-2-4-7-14/h2-13H,1H3,(H,23,24)/t13-/m1/s1. The second-order valence-electron chi connectivity index (χ2n) is 5.37. The average molecular weight is 354 g/mol. The Kier molecular flexibility index (Phi) is 5.26. The Balaban J connectivity index is 1.62. The van der Waals surface area contributed by atoms with Crippen LogP contribution in [0.4, 0.5) is 5.69 Å². The summed E-state index contributed by atoms with van der Waals surface area (Å²) in [5, 5.41) is 3.28. The first-order valence-electron chi connectivity index (χ1n) is 7.72. The van der Waals surface area contributed by atoms with Gasteiger partial charge in [-0.25, -0.2) is 9.97 Å². The number of carbonyl (C=O) groups excluding carboxylic acids is 1. The Labute approximate surface area is 150 Å². The van der Waals surface area contributed by atoms with Crippen LogP contribution in [0, 0.1) is 0 Å². The lowest BCUT2D eigenvalue weighted by atomic mass is 10.2. The molecule has 0 unspecified atom stereocenters. The molecule has 5 nitrogen and oxygen atoms in total. The van der Waals surface area contributed by atoms with E-state index in [-0.39, 0.29) is 5.91 Å². The summed E-state index contributed by atoms with van der Waals surface area (Å²) in [6.45, 7) is 1.66. The first-order valence-corrected chi connectivity index (χ1v) is 8.10. The van der Waals surface area contributed by atoms with Crippen LogP contribution in [0.3, 0.4) is 0 Å². The van der Waals surface area contributed by atoms with Crippen molar-refractivity contribution in [3.8, 4) is 17.1 Å². The van der Waals surface area contributed by atoms with E-state index in [4.69, 9.17) is 16.3 Å². The van der Waals surface area contributed by atoms with E-state index < -0.39 is 6.10 Å². The Bertz CT molecular complexity index is 854. The predicted octanol–water partition coefficient (Wildman–Crippen LogP) is 4.20. The van der Waals surface area contributed by atoms with Gasteiger partial charge in [-0.15, -0.1) is 0 Å². The zero-order valence-electron chi connectivity index (χ0n) is 13.5. The van der Waals surface area contributed by atoms with Gasteiger partial charge in [0.1, 0.15) is 5.75 Å². The van der Waals surface area contributed by atoms with Gasteiger partial charge in [0.05, 0.1) is 18.1 Å². The molecule has 0 bridgehead atoms. The smallest absolute Gasteiger partial charge is 0.265 e. The van der Waals surface area contributed by atoms with E-state index in [1.807, 2.05) is 30.3 Å². The number of benzene rings is 2. The Hall–Kier alpha value is -2.92. The van der Waals surface area contributed by atoms with Crippen LogP contribution < -0.4 is 10.1 Å². The van der Waals surface area contributed by atoms with E-state index in [9.17, 15) is 4.79 Å². The third kappa shape index (κ3) is 4.55. The molecule has 0 saturated carbocycles. The van der Waals surface area contributed by atoms with E-state index >= 15 is 0 Å². The summed E-state index contributed by atoms with van der Waals surface area (Å²) < 4.78 is 5.58. The van der Waals surface area contributed by atoms with Gasteiger partial charge < -0.3 is 10.1 Å². The molecule has 1 atom stereocenters. The third-order valence-corrected chi connectivity index (χ3v) is 3.66. The number of nitrogens with one attached hydrogen (secondary N) is 1. The highest BCUT2D eigenvalue weighted by molar-refractivity contribution is 6.30. The van der Waals surface area contributed by atoms with E-state index in [1.54, 1.807) is 43.6 Å². The first-order chi connectivity index (χ1) is 12.1. The number of carbonyl (C=O) groups is 1. The SMILES string of the molecule is C[C@@H](Oc1cccc(Cl)c1)C(=O)Nc1cnc(-c2ccccc2)nc1. The summed E-state index contributed by atoms with van der Waals surface area (Å²) in [4.78, 5) is 20.8. The summed E-state index contributed by atoms with van der Waals surface area (Å²) in [5.41, 5.74) is 1.42. The van der Waals surface area contributed by atoms with Crippen molar-refractivity contribution in [2.45, 2.75) is 13.0 Å². The normalized spacial score (nSPS) is 11.6. The maximum absolute atomic E-state index is 12.2. The summed E-state index contributed by atoms with van der Waals surface area (Å²) >= 11 is 5.91. The van der Waals surface area contributed by atoms with Gasteiger partial charge in [-0.3, -0.25) is 4.79 Å². The molecule has 0 spiro atoms. The van der Waals surface area contributed by atoms with Crippen molar-refractivity contribution >= 4 is 23.2 Å². The van der Waals surface area contributed by atoms with Gasteiger partial charge in [-0.05, 0) is 25.1 Å². The number of hydrogen-bond acceptors (Lipinski definition) is 4. The van der Waals surface area contributed by atoms with Crippen molar-refractivity contribution in [1.82, 2.24) is 9.97 Å². The highest BCUT2D eigenvalue weighted by Crippen LogP contribution is 2.19. The quantitative estimate of drug-likeness (QED) is 0.746. The van der Waals surface area contributed by atoms with E-state index in [1.165, 1.54) is 0 Å². The number of ether oxygens (including phenoxy) is 1. The van der Waals surface area contributed by atoms with E-state index in [0.717, 1.165) is 5.56 Å². The van der Waals surface area contributed by atoms with Gasteiger partial charge in [0, 0.05) is 10.6 Å². The zero-order valence-corrected chi connectivity index (χ0v) is 14.3. The van der Waals surface area contributed by atoms with Crippen molar-refractivity contribution < 1.29 is 9.53 Å². The summed E-state index contributed by atoms with van der Waals surface area (Å²) in [6.07, 6.45) is 2.45. The van der Waals surface area contributed by atoms with Crippen molar-refractivity contribution in [3.05, 3.63) is 72.0 Å². The molecule has 6 heteroatoms. The molecule has 0 fully saturated rings. The number of rotatable bonds is 5. The molecular formula is C19H16ClN3O2. The number of hydrogen-bond donors (Lipinski definition) is 1. The van der Waals surface area contributed by atoms with Crippen LogP contribution in [0.5, 0.6) is 5.75 Å². The molecule has 1 N–H and O–H groups in total. The van der Waals surface area contributed by atoms with E-state index in [2.05, 4.69) is 15.3 Å². The molecule has 0 saturated heterocycles. The van der Waals surface area contributed by atoms with Gasteiger partial charge in [0.15, 0.2) is 11.9 Å². The summed E-state index contributed by atoms with van der Waals surface area (Å²) in [7, 11) is 0. The fourth-order valence-electron chi connectivity index (χ4n) is 2.17. The highest BCUT2D eigenvalue weighted by Gasteiger charge is 2.15. The fourth-order valence-corrected chi connectivity index (χ4v) is 2.35. The van der Waals surface area contributed by atoms with Gasteiger partial charge in [-0.1, -0.05) is 48.0 Å². The number of aromatic nitrogens is 2. The lowest BCUT2D eigenvalue weighted by Gasteiger charge is -2.14. The minimum Gasteiger partial charge on any atom is -0.481 e. The highest BCUT2D eigenvalue weighted by atomic mass is 35.5. The minimum absolute atomic E-state index is 0.295. The topological polar surface area (TPSA) is 64.1 Å². The van der Waals surface area contributed by atoms with Crippen LogP contribution >= 0.6 is 11.6 Å². The van der Waals surface area contributed by atoms with Crippen LogP contribution in [0.25, 0.3) is 11.4 Å². The monoisotopic (exact) mass is 353 g/mol. The van der Waals surface area contributed by atoms with Crippen LogP contribution in [0.2, 0.25) is 5.02 Å². The average Bonchev–Trinajstić information content (AvgIpc) is 2.63. The Morgan fingerprint density at radius 1 is 1.08 bits per heavy atom. The van der Waals surface area contributed by atoms with Gasteiger partial charge >= 0.3 is 0 Å². The van der Waals surface area contributed by atoms with Gasteiger partial charge in [0.25, 0.3) is 5.91 Å². The molecule has 1 heterocycles. The Morgan fingerprint density at radius 2 is 1.80 bits per heavy atom. The van der Waals surface area contributed by atoms with Gasteiger partial charge in [0.2, 0.25) is 0 Å². The second-order valence-corrected chi connectivity index (χ2v) is 5.80. The lowest BCUT2D eigenvalue weighted by Crippen LogP contribution is -2.30. The molecule has 25 heavy (non-hydrogen) atoms. The fraction of sp³-hybridized carbons (Fsp3) is 0.105. The number of anilines is 1. The van der Waals surface area contributed by atoms with Crippen LogP contribution in [0.1, 0.15) is 6.92 Å². The van der Waals surface area contributed by atoms with Crippen molar-refractivity contribution in [2.24, 2.45) is 0 Å². The maximum atomic E-state index is 12.2.